The molecule has 1 N–H and O–H groups in total. The maximum atomic E-state index is 12.8. The van der Waals surface area contributed by atoms with Crippen molar-refractivity contribution >= 4 is 51.9 Å². The molecule has 0 fully saturated rings. The number of amides is 1. The molecule has 0 aromatic heterocycles. The molecule has 174 valence electrons. The van der Waals surface area contributed by atoms with Gasteiger partial charge in [0.2, 0.25) is 0 Å². The summed E-state index contributed by atoms with van der Waals surface area (Å²) in [5.74, 6) is 0.661. The lowest BCUT2D eigenvalue weighted by Gasteiger charge is -2.15. The number of ether oxygens (including phenoxy) is 2. The van der Waals surface area contributed by atoms with Gasteiger partial charge in [-0.1, -0.05) is 47.5 Å². The highest BCUT2D eigenvalue weighted by Gasteiger charge is 2.15. The predicted octanol–water partition coefficient (Wildman–Crippen LogP) is 7.08. The molecule has 0 atom stereocenters. The number of carbonyl (C=O) groups is 1. The largest absolute Gasteiger partial charge is 0.490 e. The molecule has 0 aliphatic rings. The average Bonchev–Trinajstić information content (AvgIpc) is 2.80. The number of nitrogens with one attached hydrogen (secondary N) is 1. The molecule has 3 aromatic carbocycles. The molecule has 0 radical (unpaired) electrons. The van der Waals surface area contributed by atoms with Crippen LogP contribution in [-0.2, 0) is 11.4 Å². The fraction of sp³-hybridized carbons (Fsp3) is 0.185. The molecule has 0 saturated carbocycles. The van der Waals surface area contributed by atoms with E-state index in [2.05, 4.69) is 27.9 Å². The minimum Gasteiger partial charge on any atom is -0.490 e. The molecule has 34 heavy (non-hydrogen) atoms. The minimum atomic E-state index is -0.513. The van der Waals surface area contributed by atoms with Gasteiger partial charge in [0.15, 0.2) is 11.5 Å². The molecule has 3 rings (SSSR count). The molecule has 0 heterocycles. The highest BCUT2D eigenvalue weighted by molar-refractivity contribution is 14.1. The van der Waals surface area contributed by atoms with Gasteiger partial charge >= 0.3 is 0 Å². The fourth-order valence-electron chi connectivity index (χ4n) is 3.15. The monoisotopic (exact) mass is 586 g/mol. The Labute approximate surface area is 218 Å². The van der Waals surface area contributed by atoms with Crippen molar-refractivity contribution in [2.24, 2.45) is 0 Å². The summed E-state index contributed by atoms with van der Waals surface area (Å²) in [6.45, 7) is 6.63. The Hall–Kier alpha value is -3.02. The van der Waals surface area contributed by atoms with Crippen LogP contribution in [0.25, 0.3) is 6.08 Å². The van der Waals surface area contributed by atoms with E-state index in [4.69, 9.17) is 21.1 Å². The van der Waals surface area contributed by atoms with Crippen LogP contribution < -0.4 is 14.8 Å². The topological polar surface area (TPSA) is 71.3 Å². The van der Waals surface area contributed by atoms with Crippen LogP contribution in [0.4, 0.5) is 5.69 Å². The van der Waals surface area contributed by atoms with E-state index in [9.17, 15) is 10.1 Å². The van der Waals surface area contributed by atoms with E-state index >= 15 is 0 Å². The van der Waals surface area contributed by atoms with Crippen molar-refractivity contribution in [1.29, 1.82) is 5.26 Å². The van der Waals surface area contributed by atoms with Crippen molar-refractivity contribution < 1.29 is 14.3 Å². The van der Waals surface area contributed by atoms with Crippen LogP contribution in [-0.4, -0.2) is 12.5 Å². The van der Waals surface area contributed by atoms with E-state index in [0.717, 1.165) is 14.7 Å². The molecule has 7 heteroatoms. The first-order valence-electron chi connectivity index (χ1n) is 10.6. The van der Waals surface area contributed by atoms with Gasteiger partial charge in [-0.05, 0) is 90.4 Å². The average molecular weight is 587 g/mol. The second-order valence-electron chi connectivity index (χ2n) is 7.62. The second-order valence-corrected chi connectivity index (χ2v) is 9.22. The van der Waals surface area contributed by atoms with Crippen LogP contribution in [0.3, 0.4) is 0 Å². The number of nitrogens with zero attached hydrogens (tertiary/aromatic N) is 1. The normalized spacial score (nSPS) is 11.0. The molecule has 0 bridgehead atoms. The molecular weight excluding hydrogens is 563 g/mol. The standard InChI is InChI=1S/C27H24ClIN2O3/c1-4-33-25-13-20(12-23(29)26(25)34-16-19-8-5-17(2)6-9-19)11-21(15-30)27(32)31-24-14-22(28)10-7-18(24)3/h5-14H,4,16H2,1-3H3,(H,31,32)/b21-11+. The SMILES string of the molecule is CCOc1cc(/C=C(\C#N)C(=O)Nc2cc(Cl)ccc2C)cc(I)c1OCc1ccc(C)cc1. The number of aryl methyl sites for hydroxylation is 2. The summed E-state index contributed by atoms with van der Waals surface area (Å²) in [5, 5.41) is 12.9. The molecule has 0 aliphatic carbocycles. The zero-order valence-corrected chi connectivity index (χ0v) is 22.0. The van der Waals surface area contributed by atoms with Gasteiger partial charge in [-0.3, -0.25) is 4.79 Å². The molecule has 0 unspecified atom stereocenters. The van der Waals surface area contributed by atoms with Crippen LogP contribution in [0.5, 0.6) is 11.5 Å². The van der Waals surface area contributed by atoms with Gasteiger partial charge in [-0.25, -0.2) is 0 Å². The fourth-order valence-corrected chi connectivity index (χ4v) is 4.10. The van der Waals surface area contributed by atoms with Crippen molar-refractivity contribution in [3.8, 4) is 17.6 Å². The maximum absolute atomic E-state index is 12.8. The van der Waals surface area contributed by atoms with Crippen molar-refractivity contribution in [2.75, 3.05) is 11.9 Å². The number of benzene rings is 3. The van der Waals surface area contributed by atoms with Gasteiger partial charge in [0, 0.05) is 10.7 Å². The first-order valence-corrected chi connectivity index (χ1v) is 12.1. The number of halogens is 2. The van der Waals surface area contributed by atoms with E-state index in [1.54, 1.807) is 24.3 Å². The lowest BCUT2D eigenvalue weighted by molar-refractivity contribution is -0.112. The summed E-state index contributed by atoms with van der Waals surface area (Å²) in [7, 11) is 0. The Morgan fingerprint density at radius 2 is 1.85 bits per heavy atom. The number of hydrogen-bond acceptors (Lipinski definition) is 4. The van der Waals surface area contributed by atoms with Gasteiger partial charge in [0.25, 0.3) is 5.91 Å². The number of anilines is 1. The van der Waals surface area contributed by atoms with Crippen LogP contribution in [0.1, 0.15) is 29.2 Å². The van der Waals surface area contributed by atoms with Crippen LogP contribution in [0.2, 0.25) is 5.02 Å². The van der Waals surface area contributed by atoms with E-state index in [-0.39, 0.29) is 5.57 Å². The summed E-state index contributed by atoms with van der Waals surface area (Å²) >= 11 is 8.21. The maximum Gasteiger partial charge on any atom is 0.266 e. The van der Waals surface area contributed by atoms with Crippen molar-refractivity contribution in [1.82, 2.24) is 0 Å². The first-order chi connectivity index (χ1) is 16.3. The van der Waals surface area contributed by atoms with Crippen molar-refractivity contribution in [3.63, 3.8) is 0 Å². The van der Waals surface area contributed by atoms with Crippen LogP contribution in [0, 0.1) is 28.7 Å². The molecule has 0 aliphatic heterocycles. The number of nitriles is 1. The van der Waals surface area contributed by atoms with Gasteiger partial charge in [-0.15, -0.1) is 0 Å². The van der Waals surface area contributed by atoms with Gasteiger partial charge in [-0.2, -0.15) is 5.26 Å². The Balaban J connectivity index is 1.85. The predicted molar refractivity (Wildman–Crippen MR) is 144 cm³/mol. The van der Waals surface area contributed by atoms with Crippen molar-refractivity contribution in [2.45, 2.75) is 27.4 Å². The summed E-state index contributed by atoms with van der Waals surface area (Å²) in [4.78, 5) is 12.8. The van der Waals surface area contributed by atoms with Crippen molar-refractivity contribution in [3.05, 3.63) is 91.0 Å². The third kappa shape index (κ3) is 6.75. The van der Waals surface area contributed by atoms with Crippen LogP contribution >= 0.6 is 34.2 Å². The summed E-state index contributed by atoms with van der Waals surface area (Å²) in [6, 6.07) is 18.9. The summed E-state index contributed by atoms with van der Waals surface area (Å²) < 4.78 is 12.7. The molecule has 0 spiro atoms. The number of carbonyl (C=O) groups excluding carboxylic acids is 1. The second kappa shape index (κ2) is 11.9. The summed E-state index contributed by atoms with van der Waals surface area (Å²) in [6.07, 6.45) is 1.53. The highest BCUT2D eigenvalue weighted by Crippen LogP contribution is 2.35. The van der Waals surface area contributed by atoms with Crippen LogP contribution in [0.15, 0.2) is 60.2 Å². The lowest BCUT2D eigenvalue weighted by atomic mass is 10.1. The molecule has 5 nitrogen and oxygen atoms in total. The van der Waals surface area contributed by atoms with Gasteiger partial charge in [0.1, 0.15) is 18.2 Å². The summed E-state index contributed by atoms with van der Waals surface area (Å²) in [5.41, 5.74) is 4.26. The zero-order chi connectivity index (χ0) is 24.7. The molecular formula is C27H24ClIN2O3. The molecule has 1 amide bonds. The lowest BCUT2D eigenvalue weighted by Crippen LogP contribution is -2.14. The third-order valence-corrected chi connectivity index (χ3v) is 6.00. The Morgan fingerprint density at radius 3 is 2.53 bits per heavy atom. The smallest absolute Gasteiger partial charge is 0.266 e. The molecule has 3 aromatic rings. The van der Waals surface area contributed by atoms with E-state index in [0.29, 0.717) is 41.0 Å². The zero-order valence-electron chi connectivity index (χ0n) is 19.1. The molecule has 0 saturated heterocycles. The van der Waals surface area contributed by atoms with E-state index in [1.165, 1.54) is 11.6 Å². The van der Waals surface area contributed by atoms with E-state index < -0.39 is 5.91 Å². The van der Waals surface area contributed by atoms with E-state index in [1.807, 2.05) is 57.2 Å². The quantitative estimate of drug-likeness (QED) is 0.174. The highest BCUT2D eigenvalue weighted by atomic mass is 127. The van der Waals surface area contributed by atoms with Gasteiger partial charge < -0.3 is 14.8 Å². The minimum absolute atomic E-state index is 0.0362. The Morgan fingerprint density at radius 1 is 1.12 bits per heavy atom. The van der Waals surface area contributed by atoms with Gasteiger partial charge in [0.05, 0.1) is 10.2 Å². The first kappa shape index (κ1) is 25.6. The number of hydrogen-bond donors (Lipinski definition) is 1. The third-order valence-electron chi connectivity index (χ3n) is 4.96. The Kier molecular flexibility index (Phi) is 8.97. The number of rotatable bonds is 8. The Bertz CT molecular complexity index is 1260.